The Morgan fingerprint density at radius 1 is 1.25 bits per heavy atom. The van der Waals surface area contributed by atoms with Crippen LogP contribution in [0.15, 0.2) is 18.2 Å². The third kappa shape index (κ3) is 3.51. The summed E-state index contributed by atoms with van der Waals surface area (Å²) in [6.07, 6.45) is -0.603. The Hall–Kier alpha value is -1.75. The molecule has 0 spiro atoms. The molecule has 5 nitrogen and oxygen atoms in total. The SMILES string of the molecule is COc1ccc(C2C(C)C(=O)N(C(=O)OC(C)(C)C)C2C)cc1Cl. The van der Waals surface area contributed by atoms with Gasteiger partial charge in [-0.2, -0.15) is 0 Å². The van der Waals surface area contributed by atoms with Gasteiger partial charge in [-0.15, -0.1) is 0 Å². The number of benzene rings is 1. The highest BCUT2D eigenvalue weighted by atomic mass is 35.5. The lowest BCUT2D eigenvalue weighted by molar-refractivity contribution is -0.130. The molecule has 2 amide bonds. The van der Waals surface area contributed by atoms with Crippen LogP contribution in [0.5, 0.6) is 5.75 Å². The van der Waals surface area contributed by atoms with E-state index in [2.05, 4.69) is 0 Å². The Labute approximate surface area is 147 Å². The molecule has 24 heavy (non-hydrogen) atoms. The van der Waals surface area contributed by atoms with E-state index in [1.54, 1.807) is 40.0 Å². The first-order valence-electron chi connectivity index (χ1n) is 7.96. The Balaban J connectivity index is 2.31. The molecule has 0 saturated carbocycles. The zero-order valence-electron chi connectivity index (χ0n) is 14.9. The summed E-state index contributed by atoms with van der Waals surface area (Å²) in [7, 11) is 1.55. The summed E-state index contributed by atoms with van der Waals surface area (Å²) in [5.41, 5.74) is 0.252. The molecule has 132 valence electrons. The van der Waals surface area contributed by atoms with Crippen molar-refractivity contribution in [1.29, 1.82) is 0 Å². The van der Waals surface area contributed by atoms with Crippen molar-refractivity contribution in [2.45, 2.75) is 52.2 Å². The number of hydrogen-bond acceptors (Lipinski definition) is 4. The second-order valence-corrected chi connectivity index (χ2v) is 7.54. The number of halogens is 1. The lowest BCUT2D eigenvalue weighted by Crippen LogP contribution is -2.42. The largest absolute Gasteiger partial charge is 0.495 e. The number of ether oxygens (including phenoxy) is 2. The van der Waals surface area contributed by atoms with Gasteiger partial charge in [0.2, 0.25) is 5.91 Å². The fourth-order valence-electron chi connectivity index (χ4n) is 3.18. The molecule has 1 aromatic carbocycles. The zero-order valence-corrected chi connectivity index (χ0v) is 15.7. The fraction of sp³-hybridized carbons (Fsp3) is 0.556. The van der Waals surface area contributed by atoms with E-state index >= 15 is 0 Å². The first-order chi connectivity index (χ1) is 11.1. The summed E-state index contributed by atoms with van der Waals surface area (Å²) in [5, 5.41) is 0.484. The first kappa shape index (κ1) is 18.6. The Kier molecular flexibility index (Phi) is 5.14. The van der Waals surface area contributed by atoms with Gasteiger partial charge in [-0.05, 0) is 45.4 Å². The van der Waals surface area contributed by atoms with Gasteiger partial charge in [-0.1, -0.05) is 24.6 Å². The van der Waals surface area contributed by atoms with Gasteiger partial charge in [0.1, 0.15) is 11.4 Å². The third-order valence-electron chi connectivity index (χ3n) is 4.24. The van der Waals surface area contributed by atoms with Crippen LogP contribution in [0.4, 0.5) is 4.79 Å². The molecule has 0 radical (unpaired) electrons. The smallest absolute Gasteiger partial charge is 0.417 e. The minimum Gasteiger partial charge on any atom is -0.495 e. The van der Waals surface area contributed by atoms with Crippen LogP contribution in [0.3, 0.4) is 0 Å². The van der Waals surface area contributed by atoms with Crippen molar-refractivity contribution < 1.29 is 19.1 Å². The van der Waals surface area contributed by atoms with E-state index in [1.807, 2.05) is 19.9 Å². The maximum absolute atomic E-state index is 12.6. The van der Waals surface area contributed by atoms with Crippen molar-refractivity contribution >= 4 is 23.6 Å². The van der Waals surface area contributed by atoms with Crippen molar-refractivity contribution in [3.05, 3.63) is 28.8 Å². The van der Waals surface area contributed by atoms with Crippen LogP contribution in [-0.2, 0) is 9.53 Å². The van der Waals surface area contributed by atoms with Crippen molar-refractivity contribution in [2.24, 2.45) is 5.92 Å². The summed E-state index contributed by atoms with van der Waals surface area (Å²) in [6.45, 7) is 9.01. The molecular formula is C18H24ClNO4. The average molecular weight is 354 g/mol. The number of hydrogen-bond donors (Lipinski definition) is 0. The summed E-state index contributed by atoms with van der Waals surface area (Å²) in [4.78, 5) is 26.2. The van der Waals surface area contributed by atoms with Crippen molar-refractivity contribution in [3.63, 3.8) is 0 Å². The van der Waals surface area contributed by atoms with Crippen molar-refractivity contribution in [1.82, 2.24) is 4.90 Å². The summed E-state index contributed by atoms with van der Waals surface area (Å²) >= 11 is 6.21. The first-order valence-corrected chi connectivity index (χ1v) is 8.34. The molecule has 0 N–H and O–H groups in total. The highest BCUT2D eigenvalue weighted by molar-refractivity contribution is 6.32. The van der Waals surface area contributed by atoms with E-state index in [9.17, 15) is 9.59 Å². The highest BCUT2D eigenvalue weighted by Gasteiger charge is 2.48. The molecule has 1 saturated heterocycles. The van der Waals surface area contributed by atoms with Gasteiger partial charge in [-0.3, -0.25) is 4.79 Å². The van der Waals surface area contributed by atoms with Crippen LogP contribution in [-0.4, -0.2) is 35.7 Å². The number of carbonyl (C=O) groups excluding carboxylic acids is 2. The maximum atomic E-state index is 12.6. The zero-order chi connectivity index (χ0) is 18.2. The molecular weight excluding hydrogens is 330 g/mol. The number of methoxy groups -OCH3 is 1. The van der Waals surface area contributed by atoms with Crippen LogP contribution in [0.2, 0.25) is 5.02 Å². The van der Waals surface area contributed by atoms with Crippen molar-refractivity contribution in [2.75, 3.05) is 7.11 Å². The minimum atomic E-state index is -0.651. The second-order valence-electron chi connectivity index (χ2n) is 7.14. The fourth-order valence-corrected chi connectivity index (χ4v) is 3.44. The number of imide groups is 1. The maximum Gasteiger partial charge on any atom is 0.417 e. The lowest BCUT2D eigenvalue weighted by Gasteiger charge is -2.27. The molecule has 1 aliphatic heterocycles. The quantitative estimate of drug-likeness (QED) is 0.798. The van der Waals surface area contributed by atoms with Crippen LogP contribution in [0, 0.1) is 5.92 Å². The molecule has 1 aromatic rings. The minimum absolute atomic E-state index is 0.145. The number of carbonyl (C=O) groups is 2. The third-order valence-corrected chi connectivity index (χ3v) is 4.54. The number of amides is 2. The Morgan fingerprint density at radius 2 is 1.88 bits per heavy atom. The molecule has 0 bridgehead atoms. The summed E-state index contributed by atoms with van der Waals surface area (Å²) in [6, 6.07) is 5.14. The second kappa shape index (κ2) is 6.63. The topological polar surface area (TPSA) is 55.8 Å². The van der Waals surface area contributed by atoms with Gasteiger partial charge in [0.05, 0.1) is 12.1 Å². The van der Waals surface area contributed by atoms with Crippen LogP contribution in [0.1, 0.15) is 46.1 Å². The van der Waals surface area contributed by atoms with Crippen molar-refractivity contribution in [3.8, 4) is 5.75 Å². The van der Waals surface area contributed by atoms with E-state index < -0.39 is 11.7 Å². The predicted molar refractivity (Wildman–Crippen MR) is 92.5 cm³/mol. The molecule has 1 fully saturated rings. The van der Waals surface area contributed by atoms with Gasteiger partial charge < -0.3 is 9.47 Å². The normalized spacial score (nSPS) is 24.2. The van der Waals surface area contributed by atoms with E-state index in [4.69, 9.17) is 21.1 Å². The van der Waals surface area contributed by atoms with E-state index in [0.29, 0.717) is 10.8 Å². The standard InChI is InChI=1S/C18H24ClNO4/c1-10-15(12-7-8-14(23-6)13(19)9-12)11(2)20(16(10)21)17(22)24-18(3,4)5/h7-11,15H,1-6H3. The van der Waals surface area contributed by atoms with Crippen LogP contribution >= 0.6 is 11.6 Å². The number of rotatable bonds is 2. The van der Waals surface area contributed by atoms with Gasteiger partial charge >= 0.3 is 6.09 Å². The molecule has 0 aliphatic carbocycles. The molecule has 1 aliphatic rings. The Morgan fingerprint density at radius 3 is 2.38 bits per heavy atom. The summed E-state index contributed by atoms with van der Waals surface area (Å²) in [5.74, 6) is -0.131. The van der Waals surface area contributed by atoms with E-state index in [0.717, 1.165) is 5.56 Å². The predicted octanol–water partition coefficient (Wildman–Crippen LogP) is 4.23. The van der Waals surface area contributed by atoms with Crippen LogP contribution < -0.4 is 4.74 Å². The average Bonchev–Trinajstić information content (AvgIpc) is 2.67. The molecule has 2 rings (SSSR count). The van der Waals surface area contributed by atoms with Gasteiger partial charge in [-0.25, -0.2) is 9.69 Å². The molecule has 1 heterocycles. The van der Waals surface area contributed by atoms with Gasteiger partial charge in [0.15, 0.2) is 0 Å². The number of likely N-dealkylation sites (tertiary alicyclic amines) is 1. The molecule has 3 unspecified atom stereocenters. The van der Waals surface area contributed by atoms with Gasteiger partial charge in [0, 0.05) is 17.9 Å². The number of nitrogens with zero attached hydrogens (tertiary/aromatic N) is 1. The van der Waals surface area contributed by atoms with E-state index in [-0.39, 0.29) is 23.8 Å². The van der Waals surface area contributed by atoms with Crippen LogP contribution in [0.25, 0.3) is 0 Å². The molecule has 3 atom stereocenters. The van der Waals surface area contributed by atoms with E-state index in [1.165, 1.54) is 4.90 Å². The van der Waals surface area contributed by atoms with Gasteiger partial charge in [0.25, 0.3) is 0 Å². The lowest BCUT2D eigenvalue weighted by atomic mass is 9.85. The summed E-state index contributed by atoms with van der Waals surface area (Å²) < 4.78 is 10.5. The monoisotopic (exact) mass is 353 g/mol. The Bertz CT molecular complexity index is 653. The highest BCUT2D eigenvalue weighted by Crippen LogP contribution is 2.41. The molecule has 0 aromatic heterocycles. The molecule has 6 heteroatoms.